The van der Waals surface area contributed by atoms with E-state index in [4.69, 9.17) is 9.47 Å². The number of nitrogens with zero attached hydrogens (tertiary/aromatic N) is 2. The van der Waals surface area contributed by atoms with E-state index in [0.717, 1.165) is 4.47 Å². The van der Waals surface area contributed by atoms with Gasteiger partial charge in [-0.05, 0) is 45.8 Å². The summed E-state index contributed by atoms with van der Waals surface area (Å²) in [4.78, 5) is 26.8. The summed E-state index contributed by atoms with van der Waals surface area (Å²) >= 11 is 3.37. The van der Waals surface area contributed by atoms with Gasteiger partial charge in [0.25, 0.3) is 0 Å². The molecule has 25 heavy (non-hydrogen) atoms. The van der Waals surface area contributed by atoms with Gasteiger partial charge in [0.2, 0.25) is 5.90 Å². The van der Waals surface area contributed by atoms with Gasteiger partial charge in [-0.15, -0.1) is 0 Å². The molecule has 0 spiro atoms. The summed E-state index contributed by atoms with van der Waals surface area (Å²) in [6.45, 7) is 0. The number of hydrogen-bond donors (Lipinski definition) is 0. The highest BCUT2D eigenvalue weighted by molar-refractivity contribution is 9.10. The second-order valence-electron chi connectivity index (χ2n) is 5.00. The number of aliphatic imine (C=N–C) groups is 1. The quantitative estimate of drug-likeness (QED) is 0.336. The van der Waals surface area contributed by atoms with Gasteiger partial charge in [-0.3, -0.25) is 10.1 Å². The molecular formula is C17H11BrN2O5. The number of nitro groups is 1. The van der Waals surface area contributed by atoms with Crippen LogP contribution in [0, 0.1) is 10.1 Å². The zero-order valence-electron chi connectivity index (χ0n) is 12.9. The minimum atomic E-state index is -0.621. The van der Waals surface area contributed by atoms with Crippen LogP contribution in [0.25, 0.3) is 6.08 Å². The zero-order valence-corrected chi connectivity index (χ0v) is 14.5. The number of ether oxygens (including phenoxy) is 2. The van der Waals surface area contributed by atoms with Gasteiger partial charge in [0.1, 0.15) is 0 Å². The lowest BCUT2D eigenvalue weighted by molar-refractivity contribution is -0.385. The summed E-state index contributed by atoms with van der Waals surface area (Å²) in [5.74, 6) is -0.311. The molecule has 0 radical (unpaired) electrons. The Morgan fingerprint density at radius 1 is 1.28 bits per heavy atom. The Morgan fingerprint density at radius 2 is 2.04 bits per heavy atom. The maximum absolute atomic E-state index is 12.0. The van der Waals surface area contributed by atoms with Crippen molar-refractivity contribution < 1.29 is 19.2 Å². The van der Waals surface area contributed by atoms with Gasteiger partial charge in [-0.2, -0.15) is 0 Å². The molecule has 0 N–H and O–H groups in total. The Balaban J connectivity index is 1.99. The summed E-state index contributed by atoms with van der Waals surface area (Å²) < 4.78 is 10.9. The van der Waals surface area contributed by atoms with Crippen molar-refractivity contribution in [2.24, 2.45) is 4.99 Å². The average molecular weight is 403 g/mol. The lowest BCUT2D eigenvalue weighted by Crippen LogP contribution is -2.05. The molecule has 7 nitrogen and oxygen atoms in total. The van der Waals surface area contributed by atoms with Gasteiger partial charge < -0.3 is 9.47 Å². The van der Waals surface area contributed by atoms with E-state index in [9.17, 15) is 14.9 Å². The average Bonchev–Trinajstić information content (AvgIpc) is 2.95. The van der Waals surface area contributed by atoms with Crippen LogP contribution in [-0.2, 0) is 9.53 Å². The Morgan fingerprint density at radius 3 is 2.72 bits per heavy atom. The second-order valence-corrected chi connectivity index (χ2v) is 5.86. The minimum Gasteiger partial charge on any atom is -0.490 e. The molecule has 0 aliphatic carbocycles. The van der Waals surface area contributed by atoms with Gasteiger partial charge >= 0.3 is 11.7 Å². The van der Waals surface area contributed by atoms with Crippen LogP contribution in [0.1, 0.15) is 11.1 Å². The molecular weight excluding hydrogens is 392 g/mol. The van der Waals surface area contributed by atoms with Crippen LogP contribution in [0.3, 0.4) is 0 Å². The summed E-state index contributed by atoms with van der Waals surface area (Å²) in [6.07, 6.45) is 1.43. The van der Waals surface area contributed by atoms with Crippen molar-refractivity contribution in [3.63, 3.8) is 0 Å². The molecule has 0 bridgehead atoms. The van der Waals surface area contributed by atoms with Crippen molar-refractivity contribution in [3.8, 4) is 5.75 Å². The predicted molar refractivity (Wildman–Crippen MR) is 94.4 cm³/mol. The van der Waals surface area contributed by atoms with Gasteiger partial charge in [-0.1, -0.05) is 18.2 Å². The van der Waals surface area contributed by atoms with Gasteiger partial charge in [0.15, 0.2) is 11.4 Å². The van der Waals surface area contributed by atoms with E-state index >= 15 is 0 Å². The molecule has 2 aromatic rings. The molecule has 1 aliphatic rings. The Labute approximate surface area is 150 Å². The number of carbonyl (C=O) groups excluding carboxylic acids is 1. The van der Waals surface area contributed by atoms with E-state index in [1.54, 1.807) is 24.3 Å². The van der Waals surface area contributed by atoms with Crippen LogP contribution in [0.5, 0.6) is 5.75 Å². The monoisotopic (exact) mass is 402 g/mol. The Kier molecular flexibility index (Phi) is 4.62. The minimum absolute atomic E-state index is 0.0604. The van der Waals surface area contributed by atoms with E-state index in [2.05, 4.69) is 20.9 Å². The number of cyclic esters (lactones) is 1. The second kappa shape index (κ2) is 6.86. The standard InChI is InChI=1S/C17H11BrN2O5/c1-24-15-7-6-10(9-14(15)20(22)23)8-13-17(21)25-16(19-13)11-4-2-3-5-12(11)18/h2-9H,1H3. The predicted octanol–water partition coefficient (Wildman–Crippen LogP) is 3.71. The van der Waals surface area contributed by atoms with Crippen LogP contribution < -0.4 is 4.74 Å². The number of carbonyl (C=O) groups is 1. The molecule has 0 amide bonds. The van der Waals surface area contributed by atoms with Crippen LogP contribution in [0.4, 0.5) is 5.69 Å². The zero-order chi connectivity index (χ0) is 18.0. The van der Waals surface area contributed by atoms with E-state index in [-0.39, 0.29) is 23.0 Å². The molecule has 0 saturated carbocycles. The van der Waals surface area contributed by atoms with Gasteiger partial charge in [0.05, 0.1) is 17.6 Å². The van der Waals surface area contributed by atoms with E-state index in [1.165, 1.54) is 25.3 Å². The van der Waals surface area contributed by atoms with E-state index in [1.807, 2.05) is 6.07 Å². The lowest BCUT2D eigenvalue weighted by atomic mass is 10.1. The topological polar surface area (TPSA) is 91.0 Å². The normalized spacial score (nSPS) is 15.0. The summed E-state index contributed by atoms with van der Waals surface area (Å²) in [5.41, 5.74) is 0.944. The molecule has 126 valence electrons. The number of hydrogen-bond acceptors (Lipinski definition) is 6. The molecule has 8 heteroatoms. The van der Waals surface area contributed by atoms with Gasteiger partial charge in [-0.25, -0.2) is 9.79 Å². The first-order chi connectivity index (χ1) is 12.0. The highest BCUT2D eigenvalue weighted by Crippen LogP contribution is 2.29. The SMILES string of the molecule is COc1ccc(C=C2N=C(c3ccccc3Br)OC2=O)cc1[N+](=O)[O-]. The van der Waals surface area contributed by atoms with Crippen molar-refractivity contribution in [2.75, 3.05) is 7.11 Å². The number of methoxy groups -OCH3 is 1. The molecule has 0 atom stereocenters. The molecule has 1 aliphatic heterocycles. The molecule has 0 fully saturated rings. The third kappa shape index (κ3) is 3.43. The Bertz CT molecular complexity index is 936. The van der Waals surface area contributed by atoms with Gasteiger partial charge in [0, 0.05) is 10.5 Å². The number of nitro benzene ring substituents is 1. The summed E-state index contributed by atoms with van der Waals surface area (Å²) in [7, 11) is 1.35. The van der Waals surface area contributed by atoms with E-state index < -0.39 is 10.9 Å². The van der Waals surface area contributed by atoms with Crippen molar-refractivity contribution in [3.05, 3.63) is 73.9 Å². The molecule has 0 saturated heterocycles. The smallest absolute Gasteiger partial charge is 0.363 e. The van der Waals surface area contributed by atoms with Crippen LogP contribution in [0.15, 0.2) is 57.6 Å². The molecule has 1 heterocycles. The van der Waals surface area contributed by atoms with Crippen LogP contribution >= 0.6 is 15.9 Å². The fraction of sp³-hybridized carbons (Fsp3) is 0.0588. The molecule has 0 unspecified atom stereocenters. The third-order valence-electron chi connectivity index (χ3n) is 3.43. The number of benzene rings is 2. The van der Waals surface area contributed by atoms with E-state index in [0.29, 0.717) is 11.1 Å². The van der Waals surface area contributed by atoms with Crippen LogP contribution in [-0.4, -0.2) is 23.9 Å². The number of halogens is 1. The largest absolute Gasteiger partial charge is 0.490 e. The van der Waals surface area contributed by atoms with Crippen molar-refractivity contribution in [2.45, 2.75) is 0 Å². The number of esters is 1. The third-order valence-corrected chi connectivity index (χ3v) is 4.12. The Hall–Kier alpha value is -3.00. The van der Waals surface area contributed by atoms with Crippen molar-refractivity contribution in [1.82, 2.24) is 0 Å². The lowest BCUT2D eigenvalue weighted by Gasteiger charge is -2.02. The first-order valence-electron chi connectivity index (χ1n) is 7.09. The van der Waals surface area contributed by atoms with Crippen molar-refractivity contribution >= 4 is 39.6 Å². The fourth-order valence-electron chi connectivity index (χ4n) is 2.26. The summed E-state index contributed by atoms with van der Waals surface area (Å²) in [6, 6.07) is 11.6. The first-order valence-corrected chi connectivity index (χ1v) is 7.89. The first kappa shape index (κ1) is 16.8. The highest BCUT2D eigenvalue weighted by Gasteiger charge is 2.25. The maximum atomic E-state index is 12.0. The van der Waals surface area contributed by atoms with Crippen LogP contribution in [0.2, 0.25) is 0 Å². The number of rotatable bonds is 4. The molecule has 3 rings (SSSR count). The highest BCUT2D eigenvalue weighted by atomic mass is 79.9. The van der Waals surface area contributed by atoms with Crippen molar-refractivity contribution in [1.29, 1.82) is 0 Å². The maximum Gasteiger partial charge on any atom is 0.363 e. The molecule has 0 aromatic heterocycles. The fourth-order valence-corrected chi connectivity index (χ4v) is 2.71. The summed E-state index contributed by atoms with van der Waals surface area (Å²) in [5, 5.41) is 11.1. The molecule has 2 aromatic carbocycles.